The zero-order valence-electron chi connectivity index (χ0n) is 10.2. The number of hydrogen-bond donors (Lipinski definition) is 2. The van der Waals surface area contributed by atoms with E-state index in [1.54, 1.807) is 6.07 Å². The molecule has 0 aliphatic heterocycles. The molecule has 0 bridgehead atoms. The molecule has 0 aliphatic rings. The van der Waals surface area contributed by atoms with Gasteiger partial charge in [-0.1, -0.05) is 19.9 Å². The van der Waals surface area contributed by atoms with Crippen LogP contribution in [0.1, 0.15) is 32.3 Å². The van der Waals surface area contributed by atoms with E-state index in [4.69, 9.17) is 5.73 Å². The smallest absolute Gasteiger partial charge is 0.258 e. The van der Waals surface area contributed by atoms with E-state index in [9.17, 15) is 8.42 Å². The molecule has 5 nitrogen and oxygen atoms in total. The summed E-state index contributed by atoms with van der Waals surface area (Å²) in [5, 5.41) is 0.0431. The molecule has 0 aromatic carbocycles. The van der Waals surface area contributed by atoms with Crippen LogP contribution in [-0.4, -0.2) is 19.4 Å². The Labute approximate surface area is 102 Å². The molecule has 0 amide bonds. The Morgan fingerprint density at radius 3 is 2.41 bits per heavy atom. The fraction of sp³-hybridized carbons (Fsp3) is 0.545. The Hall–Kier alpha value is -0.980. The lowest BCUT2D eigenvalue weighted by atomic mass is 10.2. The molecule has 17 heavy (non-hydrogen) atoms. The maximum Gasteiger partial charge on any atom is 0.258 e. The summed E-state index contributed by atoms with van der Waals surface area (Å²) in [7, 11) is -3.51. The predicted octanol–water partition coefficient (Wildman–Crippen LogP) is 1.01. The molecule has 0 atom stereocenters. The highest BCUT2D eigenvalue weighted by Gasteiger charge is 2.18. The van der Waals surface area contributed by atoms with E-state index in [2.05, 4.69) is 9.71 Å². The van der Waals surface area contributed by atoms with Crippen LogP contribution in [0.15, 0.2) is 23.4 Å². The molecule has 96 valence electrons. The molecule has 1 heterocycles. The minimum atomic E-state index is -3.51. The second kappa shape index (κ2) is 6.09. The minimum Gasteiger partial charge on any atom is -0.326 e. The first-order valence-electron chi connectivity index (χ1n) is 5.70. The van der Waals surface area contributed by atoms with Crippen LogP contribution in [0.2, 0.25) is 0 Å². The quantitative estimate of drug-likeness (QED) is 0.796. The van der Waals surface area contributed by atoms with Crippen molar-refractivity contribution in [1.82, 2.24) is 9.71 Å². The van der Waals surface area contributed by atoms with E-state index < -0.39 is 10.0 Å². The third-order valence-electron chi connectivity index (χ3n) is 2.62. The van der Waals surface area contributed by atoms with Gasteiger partial charge in [0.1, 0.15) is 0 Å². The normalized spacial score (nSPS) is 12.0. The maximum absolute atomic E-state index is 12.0. The summed E-state index contributed by atoms with van der Waals surface area (Å²) in [6.07, 6.45) is 3.01. The Morgan fingerprint density at radius 2 is 2.00 bits per heavy atom. The Balaban J connectivity index is 2.89. The van der Waals surface area contributed by atoms with Crippen LogP contribution in [0.4, 0.5) is 0 Å². The average Bonchev–Trinajstić information content (AvgIpc) is 2.36. The van der Waals surface area contributed by atoms with Gasteiger partial charge in [0.25, 0.3) is 10.0 Å². The lowest BCUT2D eigenvalue weighted by molar-refractivity contribution is 0.527. The van der Waals surface area contributed by atoms with E-state index in [1.807, 2.05) is 13.8 Å². The number of rotatable bonds is 6. The van der Waals surface area contributed by atoms with Gasteiger partial charge in [-0.2, -0.15) is 0 Å². The van der Waals surface area contributed by atoms with Gasteiger partial charge in [0.05, 0.1) is 0 Å². The molecule has 0 fully saturated rings. The second-order valence-electron chi connectivity index (χ2n) is 3.84. The number of nitrogens with one attached hydrogen (secondary N) is 1. The topological polar surface area (TPSA) is 85.1 Å². The third kappa shape index (κ3) is 3.76. The number of nitrogens with two attached hydrogens (primary N) is 1. The molecule has 1 aromatic heterocycles. The molecule has 0 radical (unpaired) electrons. The van der Waals surface area contributed by atoms with Gasteiger partial charge in [-0.05, 0) is 24.5 Å². The van der Waals surface area contributed by atoms with Crippen LogP contribution >= 0.6 is 0 Å². The standard InChI is InChI=1S/C11H19N3O2S/c1-3-10(4-2)14-17(15,16)11-6-5-9(7-12)8-13-11/h5-6,8,10,14H,3-4,7,12H2,1-2H3. The van der Waals surface area contributed by atoms with Crippen molar-refractivity contribution in [3.8, 4) is 0 Å². The summed E-state index contributed by atoms with van der Waals surface area (Å²) in [6.45, 7) is 4.25. The summed E-state index contributed by atoms with van der Waals surface area (Å²) in [6, 6.07) is 3.11. The van der Waals surface area contributed by atoms with E-state index in [1.165, 1.54) is 12.3 Å². The van der Waals surface area contributed by atoms with Gasteiger partial charge in [0.15, 0.2) is 5.03 Å². The lowest BCUT2D eigenvalue weighted by Crippen LogP contribution is -2.34. The molecular formula is C11H19N3O2S. The van der Waals surface area contributed by atoms with E-state index in [0.29, 0.717) is 6.54 Å². The molecule has 6 heteroatoms. The molecule has 1 rings (SSSR count). The molecule has 0 spiro atoms. The van der Waals surface area contributed by atoms with Crippen molar-refractivity contribution in [2.45, 2.75) is 44.3 Å². The molecule has 3 N–H and O–H groups in total. The number of nitrogens with zero attached hydrogens (tertiary/aromatic N) is 1. The fourth-order valence-electron chi connectivity index (χ4n) is 1.43. The highest BCUT2D eigenvalue weighted by molar-refractivity contribution is 7.89. The lowest BCUT2D eigenvalue weighted by Gasteiger charge is -2.14. The summed E-state index contributed by atoms with van der Waals surface area (Å²) in [4.78, 5) is 3.91. The van der Waals surface area contributed by atoms with Crippen molar-refractivity contribution in [3.63, 3.8) is 0 Å². The number of hydrogen-bond acceptors (Lipinski definition) is 4. The first kappa shape index (κ1) is 14.1. The van der Waals surface area contributed by atoms with Crippen LogP contribution in [0.3, 0.4) is 0 Å². The van der Waals surface area contributed by atoms with Gasteiger partial charge in [0.2, 0.25) is 0 Å². The van der Waals surface area contributed by atoms with Crippen molar-refractivity contribution < 1.29 is 8.42 Å². The molecular weight excluding hydrogens is 238 g/mol. The fourth-order valence-corrected chi connectivity index (χ4v) is 2.76. The number of aromatic nitrogens is 1. The van der Waals surface area contributed by atoms with Crippen molar-refractivity contribution >= 4 is 10.0 Å². The van der Waals surface area contributed by atoms with Crippen molar-refractivity contribution in [2.75, 3.05) is 0 Å². The highest BCUT2D eigenvalue weighted by Crippen LogP contribution is 2.09. The number of sulfonamides is 1. The Morgan fingerprint density at radius 1 is 1.35 bits per heavy atom. The van der Waals surface area contributed by atoms with Gasteiger partial charge >= 0.3 is 0 Å². The highest BCUT2D eigenvalue weighted by atomic mass is 32.2. The van der Waals surface area contributed by atoms with Crippen molar-refractivity contribution in [1.29, 1.82) is 0 Å². The third-order valence-corrected chi connectivity index (χ3v) is 4.05. The minimum absolute atomic E-state index is 0.0431. The largest absolute Gasteiger partial charge is 0.326 e. The summed E-state index contributed by atoms with van der Waals surface area (Å²) in [5.74, 6) is 0. The van der Waals surface area contributed by atoms with Gasteiger partial charge < -0.3 is 5.73 Å². The van der Waals surface area contributed by atoms with Crippen LogP contribution in [-0.2, 0) is 16.6 Å². The molecule has 0 aliphatic carbocycles. The first-order chi connectivity index (χ1) is 8.03. The second-order valence-corrected chi connectivity index (χ2v) is 5.50. The first-order valence-corrected chi connectivity index (χ1v) is 7.19. The SMILES string of the molecule is CCC(CC)NS(=O)(=O)c1ccc(CN)cn1. The van der Waals surface area contributed by atoms with Crippen LogP contribution < -0.4 is 10.5 Å². The Bertz CT molecular complexity index is 438. The number of pyridine rings is 1. The molecule has 0 unspecified atom stereocenters. The summed E-state index contributed by atoms with van der Waals surface area (Å²) >= 11 is 0. The van der Waals surface area contributed by atoms with Crippen LogP contribution in [0.5, 0.6) is 0 Å². The zero-order valence-corrected chi connectivity index (χ0v) is 11.0. The monoisotopic (exact) mass is 257 g/mol. The van der Waals surface area contributed by atoms with Crippen molar-refractivity contribution in [3.05, 3.63) is 23.9 Å². The maximum atomic E-state index is 12.0. The van der Waals surface area contributed by atoms with Gasteiger partial charge in [-0.15, -0.1) is 0 Å². The predicted molar refractivity (Wildman–Crippen MR) is 66.8 cm³/mol. The summed E-state index contributed by atoms with van der Waals surface area (Å²) in [5.41, 5.74) is 6.24. The van der Waals surface area contributed by atoms with Crippen molar-refractivity contribution in [2.24, 2.45) is 5.73 Å². The van der Waals surface area contributed by atoms with Crippen LogP contribution in [0.25, 0.3) is 0 Å². The average molecular weight is 257 g/mol. The van der Waals surface area contributed by atoms with Gasteiger partial charge in [-0.25, -0.2) is 18.1 Å². The molecule has 0 saturated carbocycles. The van der Waals surface area contributed by atoms with E-state index in [0.717, 1.165) is 18.4 Å². The zero-order chi connectivity index (χ0) is 12.9. The van der Waals surface area contributed by atoms with E-state index in [-0.39, 0.29) is 11.1 Å². The van der Waals surface area contributed by atoms with Gasteiger partial charge in [-0.3, -0.25) is 0 Å². The van der Waals surface area contributed by atoms with Crippen LogP contribution in [0, 0.1) is 0 Å². The molecule has 1 aromatic rings. The molecule has 0 saturated heterocycles. The summed E-state index contributed by atoms with van der Waals surface area (Å²) < 4.78 is 26.5. The Kier molecular flexibility index (Phi) is 5.04. The van der Waals surface area contributed by atoms with Gasteiger partial charge in [0, 0.05) is 18.8 Å². The van der Waals surface area contributed by atoms with E-state index >= 15 is 0 Å².